The first-order valence-electron chi connectivity index (χ1n) is 8.07. The van der Waals surface area contributed by atoms with E-state index in [1.54, 1.807) is 11.8 Å². The number of nitrogens with zero attached hydrogens (tertiary/aromatic N) is 1. The number of hydrogen-bond donors (Lipinski definition) is 1. The SMILES string of the molecule is CCc1ccc(N(CC(C)C(=O)O)C(=O)C(CC)CC)cc1. The summed E-state index contributed by atoms with van der Waals surface area (Å²) in [5.74, 6) is -1.52. The smallest absolute Gasteiger partial charge is 0.308 e. The molecule has 0 aliphatic heterocycles. The number of amides is 1. The Kier molecular flexibility index (Phi) is 7.09. The summed E-state index contributed by atoms with van der Waals surface area (Å²) in [5.41, 5.74) is 1.98. The highest BCUT2D eigenvalue weighted by Gasteiger charge is 2.26. The molecule has 0 spiro atoms. The lowest BCUT2D eigenvalue weighted by Crippen LogP contribution is -2.40. The van der Waals surface area contributed by atoms with Crippen LogP contribution < -0.4 is 4.90 Å². The molecule has 0 aliphatic rings. The standard InChI is InChI=1S/C18H27NO3/c1-5-14-8-10-16(11-9-14)19(12-13(4)18(21)22)17(20)15(6-2)7-3/h8-11,13,15H,5-7,12H2,1-4H3,(H,21,22). The Labute approximate surface area is 133 Å². The molecule has 1 unspecified atom stereocenters. The van der Waals surface area contributed by atoms with Crippen LogP contribution in [0, 0.1) is 11.8 Å². The molecule has 0 aromatic heterocycles. The van der Waals surface area contributed by atoms with Gasteiger partial charge in [-0.3, -0.25) is 9.59 Å². The highest BCUT2D eigenvalue weighted by atomic mass is 16.4. The second-order valence-electron chi connectivity index (χ2n) is 5.72. The molecule has 4 heteroatoms. The van der Waals surface area contributed by atoms with Gasteiger partial charge in [0.05, 0.1) is 5.92 Å². The third-order valence-electron chi connectivity index (χ3n) is 4.14. The van der Waals surface area contributed by atoms with E-state index >= 15 is 0 Å². The van der Waals surface area contributed by atoms with Gasteiger partial charge in [-0.2, -0.15) is 0 Å². The molecule has 1 atom stereocenters. The van der Waals surface area contributed by atoms with Crippen molar-refractivity contribution in [1.29, 1.82) is 0 Å². The van der Waals surface area contributed by atoms with Gasteiger partial charge in [0.15, 0.2) is 0 Å². The first-order valence-corrected chi connectivity index (χ1v) is 8.07. The maximum Gasteiger partial charge on any atom is 0.308 e. The lowest BCUT2D eigenvalue weighted by atomic mass is 10.00. The molecule has 1 amide bonds. The number of aryl methyl sites for hydroxylation is 1. The predicted molar refractivity (Wildman–Crippen MR) is 89.0 cm³/mol. The maximum atomic E-state index is 12.8. The van der Waals surface area contributed by atoms with Gasteiger partial charge in [0.1, 0.15) is 0 Å². The molecule has 22 heavy (non-hydrogen) atoms. The molecular weight excluding hydrogens is 278 g/mol. The van der Waals surface area contributed by atoms with E-state index in [9.17, 15) is 9.59 Å². The number of carboxylic acid groups (broad SMARTS) is 1. The van der Waals surface area contributed by atoms with Crippen molar-refractivity contribution in [2.45, 2.75) is 47.0 Å². The molecule has 0 bridgehead atoms. The highest BCUT2D eigenvalue weighted by Crippen LogP contribution is 2.22. The molecule has 1 rings (SSSR count). The fraction of sp³-hybridized carbons (Fsp3) is 0.556. The van der Waals surface area contributed by atoms with Crippen LogP contribution in [0.3, 0.4) is 0 Å². The zero-order valence-corrected chi connectivity index (χ0v) is 14.0. The average molecular weight is 305 g/mol. The maximum absolute atomic E-state index is 12.8. The minimum atomic E-state index is -0.882. The van der Waals surface area contributed by atoms with Crippen molar-refractivity contribution in [2.24, 2.45) is 11.8 Å². The zero-order chi connectivity index (χ0) is 16.7. The summed E-state index contributed by atoms with van der Waals surface area (Å²) in [7, 11) is 0. The molecule has 0 heterocycles. The third kappa shape index (κ3) is 4.58. The van der Waals surface area contributed by atoms with Crippen LogP contribution in [0.5, 0.6) is 0 Å². The van der Waals surface area contributed by atoms with Crippen LogP contribution in [-0.2, 0) is 16.0 Å². The van der Waals surface area contributed by atoms with Gasteiger partial charge in [0.25, 0.3) is 0 Å². The molecule has 122 valence electrons. The Morgan fingerprint density at radius 3 is 2.05 bits per heavy atom. The van der Waals surface area contributed by atoms with Gasteiger partial charge < -0.3 is 10.0 Å². The Hall–Kier alpha value is -1.84. The van der Waals surface area contributed by atoms with E-state index in [0.717, 1.165) is 24.9 Å². The van der Waals surface area contributed by atoms with Gasteiger partial charge in [-0.25, -0.2) is 0 Å². The Bertz CT molecular complexity index is 492. The van der Waals surface area contributed by atoms with Crippen LogP contribution in [0.4, 0.5) is 5.69 Å². The van der Waals surface area contributed by atoms with Gasteiger partial charge in [-0.05, 0) is 37.0 Å². The number of hydrogen-bond acceptors (Lipinski definition) is 2. The van der Waals surface area contributed by atoms with Crippen LogP contribution in [0.25, 0.3) is 0 Å². The van der Waals surface area contributed by atoms with E-state index in [1.165, 1.54) is 5.56 Å². The number of anilines is 1. The minimum Gasteiger partial charge on any atom is -0.481 e. The van der Waals surface area contributed by atoms with Crippen molar-refractivity contribution in [3.63, 3.8) is 0 Å². The van der Waals surface area contributed by atoms with Crippen molar-refractivity contribution in [3.8, 4) is 0 Å². The van der Waals surface area contributed by atoms with E-state index in [0.29, 0.717) is 0 Å². The van der Waals surface area contributed by atoms with Crippen molar-refractivity contribution in [1.82, 2.24) is 0 Å². The molecule has 0 saturated heterocycles. The second-order valence-corrected chi connectivity index (χ2v) is 5.72. The monoisotopic (exact) mass is 305 g/mol. The van der Waals surface area contributed by atoms with Crippen LogP contribution in [0.1, 0.15) is 46.1 Å². The molecule has 1 aromatic rings. The van der Waals surface area contributed by atoms with Gasteiger partial charge in [-0.15, -0.1) is 0 Å². The van der Waals surface area contributed by atoms with Gasteiger partial charge in [-0.1, -0.05) is 39.8 Å². The van der Waals surface area contributed by atoms with E-state index in [-0.39, 0.29) is 18.4 Å². The van der Waals surface area contributed by atoms with E-state index < -0.39 is 11.9 Å². The largest absolute Gasteiger partial charge is 0.481 e. The molecule has 0 aliphatic carbocycles. The fourth-order valence-electron chi connectivity index (χ4n) is 2.44. The number of benzene rings is 1. The molecule has 0 saturated carbocycles. The van der Waals surface area contributed by atoms with Crippen molar-refractivity contribution >= 4 is 17.6 Å². The highest BCUT2D eigenvalue weighted by molar-refractivity contribution is 5.95. The average Bonchev–Trinajstić information content (AvgIpc) is 2.53. The van der Waals surface area contributed by atoms with Crippen LogP contribution in [-0.4, -0.2) is 23.5 Å². The Morgan fingerprint density at radius 2 is 1.64 bits per heavy atom. The third-order valence-corrected chi connectivity index (χ3v) is 4.14. The Morgan fingerprint density at radius 1 is 1.09 bits per heavy atom. The number of carbonyl (C=O) groups excluding carboxylic acids is 1. The van der Waals surface area contributed by atoms with E-state index in [2.05, 4.69) is 6.92 Å². The summed E-state index contributed by atoms with van der Waals surface area (Å²) in [6.45, 7) is 7.90. The number of carbonyl (C=O) groups is 2. The molecule has 0 fully saturated rings. The van der Waals surface area contributed by atoms with Crippen LogP contribution >= 0.6 is 0 Å². The van der Waals surface area contributed by atoms with Crippen LogP contribution in [0.2, 0.25) is 0 Å². The summed E-state index contributed by atoms with van der Waals surface area (Å²) in [4.78, 5) is 25.5. The van der Waals surface area contributed by atoms with Crippen molar-refractivity contribution < 1.29 is 14.7 Å². The number of carboxylic acids is 1. The second kappa shape index (κ2) is 8.57. The summed E-state index contributed by atoms with van der Waals surface area (Å²) < 4.78 is 0. The quantitative estimate of drug-likeness (QED) is 0.796. The molecule has 1 N–H and O–H groups in total. The van der Waals surface area contributed by atoms with Crippen molar-refractivity contribution in [2.75, 3.05) is 11.4 Å². The lowest BCUT2D eigenvalue weighted by Gasteiger charge is -2.28. The zero-order valence-electron chi connectivity index (χ0n) is 14.0. The number of aliphatic carboxylic acids is 1. The normalized spacial score (nSPS) is 12.2. The topological polar surface area (TPSA) is 57.6 Å². The lowest BCUT2D eigenvalue weighted by molar-refractivity contribution is -0.140. The Balaban J connectivity index is 3.08. The number of rotatable bonds is 8. The fourth-order valence-corrected chi connectivity index (χ4v) is 2.44. The van der Waals surface area contributed by atoms with Gasteiger partial charge >= 0.3 is 5.97 Å². The van der Waals surface area contributed by atoms with Gasteiger partial charge in [0.2, 0.25) is 5.91 Å². The summed E-state index contributed by atoms with van der Waals surface area (Å²) in [6.07, 6.45) is 2.47. The predicted octanol–water partition coefficient (Wildman–Crippen LogP) is 3.74. The molecule has 4 nitrogen and oxygen atoms in total. The minimum absolute atomic E-state index is 0.0161. The van der Waals surface area contributed by atoms with E-state index in [1.807, 2.05) is 38.1 Å². The summed E-state index contributed by atoms with van der Waals surface area (Å²) in [5, 5.41) is 9.16. The first-order chi connectivity index (χ1) is 10.4. The summed E-state index contributed by atoms with van der Waals surface area (Å²) >= 11 is 0. The van der Waals surface area contributed by atoms with Crippen LogP contribution in [0.15, 0.2) is 24.3 Å². The first kappa shape index (κ1) is 18.2. The van der Waals surface area contributed by atoms with Crippen molar-refractivity contribution in [3.05, 3.63) is 29.8 Å². The molecular formula is C18H27NO3. The van der Waals surface area contributed by atoms with E-state index in [4.69, 9.17) is 5.11 Å². The summed E-state index contributed by atoms with van der Waals surface area (Å²) in [6, 6.07) is 7.81. The van der Waals surface area contributed by atoms with Gasteiger partial charge in [0, 0.05) is 18.2 Å². The molecule has 0 radical (unpaired) electrons. The molecule has 1 aromatic carbocycles.